The number of hydrogen-bond donors (Lipinski definition) is 0. The van der Waals surface area contributed by atoms with Crippen LogP contribution in [0.25, 0.3) is 6.08 Å². The molecule has 0 amide bonds. The Labute approximate surface area is 130 Å². The maximum atomic E-state index is 11.8. The first kappa shape index (κ1) is 15.7. The third-order valence-corrected chi connectivity index (χ3v) is 3.27. The number of ether oxygens (including phenoxy) is 1. The molecule has 2 rings (SSSR count). The molecule has 0 spiro atoms. The van der Waals surface area contributed by atoms with E-state index in [1.165, 1.54) is 11.6 Å². The number of carbonyl (C=O) groups excluding carboxylic acids is 2. The highest BCUT2D eigenvalue weighted by Gasteiger charge is 2.05. The van der Waals surface area contributed by atoms with Gasteiger partial charge in [-0.3, -0.25) is 4.79 Å². The summed E-state index contributed by atoms with van der Waals surface area (Å²) >= 11 is 0. The lowest BCUT2D eigenvalue weighted by Gasteiger charge is -2.05. The van der Waals surface area contributed by atoms with Crippen molar-refractivity contribution in [1.29, 1.82) is 0 Å². The highest BCUT2D eigenvalue weighted by Crippen LogP contribution is 2.17. The van der Waals surface area contributed by atoms with Crippen molar-refractivity contribution >= 4 is 18.3 Å². The van der Waals surface area contributed by atoms with Gasteiger partial charge in [0.15, 0.2) is 6.29 Å². The average Bonchev–Trinajstić information content (AvgIpc) is 2.54. The first-order valence-corrected chi connectivity index (χ1v) is 7.14. The van der Waals surface area contributed by atoms with Gasteiger partial charge in [0.25, 0.3) is 0 Å². The summed E-state index contributed by atoms with van der Waals surface area (Å²) in [4.78, 5) is 22.7. The van der Waals surface area contributed by atoms with Gasteiger partial charge in [-0.05, 0) is 35.3 Å². The summed E-state index contributed by atoms with van der Waals surface area (Å²) in [6.45, 7) is 4.26. The van der Waals surface area contributed by atoms with Gasteiger partial charge in [0.05, 0.1) is 5.56 Å². The molecule has 2 aromatic carbocycles. The summed E-state index contributed by atoms with van der Waals surface area (Å²) in [6, 6.07) is 14.6. The minimum atomic E-state index is -0.512. The number of hydrogen-bond acceptors (Lipinski definition) is 3. The van der Waals surface area contributed by atoms with Crippen LogP contribution in [0, 0.1) is 0 Å². The SMILES string of the molecule is CC(C)c1ccc(/C=C/C(=O)Oc2ccccc2C=O)cc1. The van der Waals surface area contributed by atoms with E-state index in [4.69, 9.17) is 4.74 Å². The molecule has 22 heavy (non-hydrogen) atoms. The van der Waals surface area contributed by atoms with E-state index in [-0.39, 0.29) is 5.75 Å². The fourth-order valence-corrected chi connectivity index (χ4v) is 1.97. The second-order valence-electron chi connectivity index (χ2n) is 5.23. The van der Waals surface area contributed by atoms with Crippen LogP contribution in [0.3, 0.4) is 0 Å². The topological polar surface area (TPSA) is 43.4 Å². The van der Waals surface area contributed by atoms with E-state index in [1.807, 2.05) is 24.3 Å². The monoisotopic (exact) mass is 294 g/mol. The number of carbonyl (C=O) groups is 2. The normalized spacial score (nSPS) is 10.9. The van der Waals surface area contributed by atoms with E-state index in [0.717, 1.165) is 5.56 Å². The zero-order chi connectivity index (χ0) is 15.9. The van der Waals surface area contributed by atoms with Crippen molar-refractivity contribution in [3.8, 4) is 5.75 Å². The van der Waals surface area contributed by atoms with Gasteiger partial charge in [-0.1, -0.05) is 50.2 Å². The molecule has 0 saturated heterocycles. The minimum Gasteiger partial charge on any atom is -0.423 e. The lowest BCUT2D eigenvalue weighted by Crippen LogP contribution is -2.05. The molecule has 3 nitrogen and oxygen atoms in total. The van der Waals surface area contributed by atoms with Gasteiger partial charge in [0.2, 0.25) is 0 Å². The molecule has 0 atom stereocenters. The predicted octanol–water partition coefficient (Wildman–Crippen LogP) is 4.24. The minimum absolute atomic E-state index is 0.266. The van der Waals surface area contributed by atoms with Gasteiger partial charge in [0, 0.05) is 6.08 Å². The van der Waals surface area contributed by atoms with E-state index in [9.17, 15) is 9.59 Å². The largest absolute Gasteiger partial charge is 0.423 e. The second kappa shape index (κ2) is 7.36. The third-order valence-electron chi connectivity index (χ3n) is 3.27. The van der Waals surface area contributed by atoms with Gasteiger partial charge < -0.3 is 4.74 Å². The van der Waals surface area contributed by atoms with Gasteiger partial charge in [-0.25, -0.2) is 4.79 Å². The zero-order valence-electron chi connectivity index (χ0n) is 12.7. The number of esters is 1. The fraction of sp³-hybridized carbons (Fsp3) is 0.158. The molecule has 0 radical (unpaired) electrons. The third kappa shape index (κ3) is 4.16. The summed E-state index contributed by atoms with van der Waals surface area (Å²) in [5.74, 6) is 0.229. The Morgan fingerprint density at radius 1 is 1.05 bits per heavy atom. The molecule has 2 aromatic rings. The van der Waals surface area contributed by atoms with Gasteiger partial charge >= 0.3 is 5.97 Å². The van der Waals surface area contributed by atoms with E-state index >= 15 is 0 Å². The van der Waals surface area contributed by atoms with Crippen molar-refractivity contribution < 1.29 is 14.3 Å². The number of aldehydes is 1. The molecule has 0 fully saturated rings. The molecule has 0 bridgehead atoms. The number of rotatable bonds is 5. The average molecular weight is 294 g/mol. The summed E-state index contributed by atoms with van der Waals surface area (Å²) in [6.07, 6.45) is 3.71. The first-order chi connectivity index (χ1) is 10.6. The first-order valence-electron chi connectivity index (χ1n) is 7.14. The van der Waals surface area contributed by atoms with E-state index in [2.05, 4.69) is 13.8 Å². The highest BCUT2D eigenvalue weighted by atomic mass is 16.5. The van der Waals surface area contributed by atoms with Crippen molar-refractivity contribution in [2.45, 2.75) is 19.8 Å². The van der Waals surface area contributed by atoms with Crippen LogP contribution in [-0.4, -0.2) is 12.3 Å². The van der Waals surface area contributed by atoms with E-state index in [1.54, 1.807) is 30.3 Å². The Morgan fingerprint density at radius 3 is 2.36 bits per heavy atom. The number of benzene rings is 2. The maximum absolute atomic E-state index is 11.8. The molecule has 0 heterocycles. The summed E-state index contributed by atoms with van der Waals surface area (Å²) in [5.41, 5.74) is 2.52. The lowest BCUT2D eigenvalue weighted by atomic mass is 10.0. The molecular formula is C19H18O3. The lowest BCUT2D eigenvalue weighted by molar-refractivity contribution is -0.128. The Hall–Kier alpha value is -2.68. The molecule has 0 aliphatic carbocycles. The van der Waals surface area contributed by atoms with E-state index < -0.39 is 5.97 Å². The smallest absolute Gasteiger partial charge is 0.336 e. The van der Waals surface area contributed by atoms with Crippen LogP contribution in [0.4, 0.5) is 0 Å². The molecule has 0 aliphatic heterocycles. The second-order valence-corrected chi connectivity index (χ2v) is 5.23. The Balaban J connectivity index is 2.03. The highest BCUT2D eigenvalue weighted by molar-refractivity contribution is 5.90. The van der Waals surface area contributed by atoms with Gasteiger partial charge in [-0.2, -0.15) is 0 Å². The molecule has 0 N–H and O–H groups in total. The Morgan fingerprint density at radius 2 is 1.73 bits per heavy atom. The molecule has 0 unspecified atom stereocenters. The van der Waals surface area contributed by atoms with Crippen molar-refractivity contribution in [3.05, 3.63) is 71.3 Å². The van der Waals surface area contributed by atoms with Crippen LogP contribution >= 0.6 is 0 Å². The van der Waals surface area contributed by atoms with E-state index in [0.29, 0.717) is 17.8 Å². The van der Waals surface area contributed by atoms with Crippen molar-refractivity contribution in [1.82, 2.24) is 0 Å². The van der Waals surface area contributed by atoms with Crippen LogP contribution in [-0.2, 0) is 4.79 Å². The molecule has 3 heteroatoms. The predicted molar refractivity (Wildman–Crippen MR) is 87.0 cm³/mol. The maximum Gasteiger partial charge on any atom is 0.336 e. The van der Waals surface area contributed by atoms with Crippen LogP contribution in [0.5, 0.6) is 5.75 Å². The summed E-state index contributed by atoms with van der Waals surface area (Å²) in [7, 11) is 0. The van der Waals surface area contributed by atoms with Crippen LogP contribution < -0.4 is 4.74 Å². The van der Waals surface area contributed by atoms with Crippen molar-refractivity contribution in [3.63, 3.8) is 0 Å². The van der Waals surface area contributed by atoms with Gasteiger partial charge in [0.1, 0.15) is 5.75 Å². The quantitative estimate of drug-likeness (QED) is 0.358. The number of para-hydroxylation sites is 1. The summed E-state index contributed by atoms with van der Waals surface area (Å²) in [5, 5.41) is 0. The molecule has 112 valence electrons. The van der Waals surface area contributed by atoms with Crippen LogP contribution in [0.15, 0.2) is 54.6 Å². The van der Waals surface area contributed by atoms with Crippen molar-refractivity contribution in [2.75, 3.05) is 0 Å². The Bertz CT molecular complexity index is 682. The zero-order valence-corrected chi connectivity index (χ0v) is 12.7. The molecule has 0 saturated carbocycles. The Kier molecular flexibility index (Phi) is 5.26. The standard InChI is InChI=1S/C19H18O3/c1-14(2)16-10-7-15(8-11-16)9-12-19(21)22-18-6-4-3-5-17(18)13-20/h3-14H,1-2H3/b12-9+. The molecular weight excluding hydrogens is 276 g/mol. The summed E-state index contributed by atoms with van der Waals surface area (Å²) < 4.78 is 5.16. The molecule has 0 aromatic heterocycles. The molecule has 0 aliphatic rings. The van der Waals surface area contributed by atoms with Crippen LogP contribution in [0.2, 0.25) is 0 Å². The fourth-order valence-electron chi connectivity index (χ4n) is 1.97. The van der Waals surface area contributed by atoms with Crippen molar-refractivity contribution in [2.24, 2.45) is 0 Å². The van der Waals surface area contributed by atoms with Gasteiger partial charge in [-0.15, -0.1) is 0 Å². The van der Waals surface area contributed by atoms with Crippen LogP contribution in [0.1, 0.15) is 41.3 Å².